The minimum Gasteiger partial charge on any atom is -0.326 e. The molecule has 0 saturated carbocycles. The standard InChI is InChI=1S/C17H13ClN2/c1-2-20-16-6-4-3-5-13(16)14-10-11-9-12(18)7-8-15(11)19-17(14)20/h3-10H,2H2,1H3. The lowest BCUT2D eigenvalue weighted by atomic mass is 10.1. The molecule has 2 heterocycles. The zero-order valence-electron chi connectivity index (χ0n) is 11.1. The maximum Gasteiger partial charge on any atom is 0.141 e. The number of fused-ring (bicyclic) bond motifs is 4. The lowest BCUT2D eigenvalue weighted by Gasteiger charge is -2.03. The zero-order chi connectivity index (χ0) is 13.7. The molecule has 2 aromatic carbocycles. The van der Waals surface area contributed by atoms with E-state index in [1.165, 1.54) is 16.3 Å². The van der Waals surface area contributed by atoms with E-state index in [0.717, 1.165) is 28.1 Å². The van der Waals surface area contributed by atoms with E-state index in [-0.39, 0.29) is 0 Å². The number of hydrogen-bond donors (Lipinski definition) is 0. The Bertz CT molecular complexity index is 953. The number of benzene rings is 2. The van der Waals surface area contributed by atoms with E-state index in [4.69, 9.17) is 16.6 Å². The molecule has 4 rings (SSSR count). The Kier molecular flexibility index (Phi) is 2.48. The Balaban J connectivity index is 2.26. The average Bonchev–Trinajstić information content (AvgIpc) is 2.78. The van der Waals surface area contributed by atoms with Gasteiger partial charge in [0.15, 0.2) is 0 Å². The minimum atomic E-state index is 0.748. The Hall–Kier alpha value is -2.06. The molecule has 0 aliphatic rings. The molecular formula is C17H13ClN2. The second-order valence-corrected chi connectivity index (χ2v) is 5.39. The third-order valence-corrected chi connectivity index (χ3v) is 4.05. The largest absolute Gasteiger partial charge is 0.326 e. The first-order chi connectivity index (χ1) is 9.78. The Morgan fingerprint density at radius 1 is 1.05 bits per heavy atom. The molecule has 3 heteroatoms. The van der Waals surface area contributed by atoms with E-state index >= 15 is 0 Å². The molecule has 0 fully saturated rings. The van der Waals surface area contributed by atoms with Crippen molar-refractivity contribution in [2.24, 2.45) is 0 Å². The van der Waals surface area contributed by atoms with Crippen LogP contribution in [0.15, 0.2) is 48.5 Å². The summed E-state index contributed by atoms with van der Waals surface area (Å²) in [7, 11) is 0. The van der Waals surface area contributed by atoms with Crippen molar-refractivity contribution in [2.75, 3.05) is 0 Å². The fraction of sp³-hybridized carbons (Fsp3) is 0.118. The predicted molar refractivity (Wildman–Crippen MR) is 85.4 cm³/mol. The van der Waals surface area contributed by atoms with Crippen LogP contribution in [0.2, 0.25) is 5.02 Å². The second kappa shape index (κ2) is 4.22. The normalized spacial score (nSPS) is 11.7. The number of rotatable bonds is 1. The number of para-hydroxylation sites is 1. The van der Waals surface area contributed by atoms with E-state index in [1.807, 2.05) is 18.2 Å². The van der Waals surface area contributed by atoms with Crippen LogP contribution in [-0.4, -0.2) is 9.55 Å². The van der Waals surface area contributed by atoms with Crippen LogP contribution >= 0.6 is 11.6 Å². The molecule has 0 bridgehead atoms. The molecule has 0 N–H and O–H groups in total. The third kappa shape index (κ3) is 1.55. The fourth-order valence-corrected chi connectivity index (χ4v) is 3.09. The molecule has 0 aliphatic heterocycles. The fourth-order valence-electron chi connectivity index (χ4n) is 2.91. The van der Waals surface area contributed by atoms with E-state index in [0.29, 0.717) is 0 Å². The quantitative estimate of drug-likeness (QED) is 0.479. The molecule has 4 aromatic rings. The van der Waals surface area contributed by atoms with Gasteiger partial charge in [0.25, 0.3) is 0 Å². The van der Waals surface area contributed by atoms with Crippen molar-refractivity contribution in [3.05, 3.63) is 53.6 Å². The lowest BCUT2D eigenvalue weighted by molar-refractivity contribution is 0.818. The highest BCUT2D eigenvalue weighted by atomic mass is 35.5. The summed E-state index contributed by atoms with van der Waals surface area (Å²) in [6.07, 6.45) is 0. The van der Waals surface area contributed by atoms with Crippen molar-refractivity contribution in [2.45, 2.75) is 13.5 Å². The van der Waals surface area contributed by atoms with Gasteiger partial charge in [-0.3, -0.25) is 0 Å². The van der Waals surface area contributed by atoms with Crippen LogP contribution in [0, 0.1) is 0 Å². The summed E-state index contributed by atoms with van der Waals surface area (Å²) in [4.78, 5) is 4.83. The highest BCUT2D eigenvalue weighted by Gasteiger charge is 2.11. The van der Waals surface area contributed by atoms with Crippen LogP contribution in [0.4, 0.5) is 0 Å². The van der Waals surface area contributed by atoms with E-state index in [9.17, 15) is 0 Å². The molecule has 0 unspecified atom stereocenters. The maximum atomic E-state index is 6.09. The van der Waals surface area contributed by atoms with Gasteiger partial charge in [0.2, 0.25) is 0 Å². The topological polar surface area (TPSA) is 17.8 Å². The molecule has 0 amide bonds. The molecule has 98 valence electrons. The van der Waals surface area contributed by atoms with Gasteiger partial charge in [0, 0.05) is 27.7 Å². The highest BCUT2D eigenvalue weighted by Crippen LogP contribution is 2.31. The monoisotopic (exact) mass is 280 g/mol. The molecule has 20 heavy (non-hydrogen) atoms. The zero-order valence-corrected chi connectivity index (χ0v) is 11.9. The average molecular weight is 281 g/mol. The van der Waals surface area contributed by atoms with Crippen LogP contribution in [0.3, 0.4) is 0 Å². The highest BCUT2D eigenvalue weighted by molar-refractivity contribution is 6.31. The van der Waals surface area contributed by atoms with Crippen LogP contribution in [0.25, 0.3) is 32.8 Å². The Labute approximate surface area is 121 Å². The van der Waals surface area contributed by atoms with Gasteiger partial charge in [0.05, 0.1) is 11.0 Å². The molecular weight excluding hydrogens is 268 g/mol. The Morgan fingerprint density at radius 3 is 2.75 bits per heavy atom. The summed E-state index contributed by atoms with van der Waals surface area (Å²) in [6, 6.07) is 16.5. The van der Waals surface area contributed by atoms with Crippen molar-refractivity contribution >= 4 is 44.4 Å². The molecule has 2 aromatic heterocycles. The smallest absolute Gasteiger partial charge is 0.141 e. The molecule has 0 spiro atoms. The van der Waals surface area contributed by atoms with E-state index < -0.39 is 0 Å². The van der Waals surface area contributed by atoms with Gasteiger partial charge < -0.3 is 4.57 Å². The molecule has 2 nitrogen and oxygen atoms in total. The first kappa shape index (κ1) is 11.7. The molecule has 0 aliphatic carbocycles. The van der Waals surface area contributed by atoms with Crippen molar-refractivity contribution in [3.8, 4) is 0 Å². The summed E-state index contributed by atoms with van der Waals surface area (Å²) in [5.74, 6) is 0. The summed E-state index contributed by atoms with van der Waals surface area (Å²) in [5, 5.41) is 4.28. The van der Waals surface area contributed by atoms with Gasteiger partial charge in [0.1, 0.15) is 5.65 Å². The molecule has 0 atom stereocenters. The Morgan fingerprint density at radius 2 is 1.90 bits per heavy atom. The van der Waals surface area contributed by atoms with Crippen molar-refractivity contribution < 1.29 is 0 Å². The number of nitrogens with zero attached hydrogens (tertiary/aromatic N) is 2. The lowest BCUT2D eigenvalue weighted by Crippen LogP contribution is -1.95. The summed E-state index contributed by atoms with van der Waals surface area (Å²) >= 11 is 6.09. The van der Waals surface area contributed by atoms with Crippen LogP contribution in [0.5, 0.6) is 0 Å². The van der Waals surface area contributed by atoms with Gasteiger partial charge >= 0.3 is 0 Å². The number of aryl methyl sites for hydroxylation is 1. The SMILES string of the molecule is CCn1c2ccccc2c2cc3cc(Cl)ccc3nc21. The molecule has 0 saturated heterocycles. The van der Waals surface area contributed by atoms with Gasteiger partial charge in [-0.1, -0.05) is 29.8 Å². The van der Waals surface area contributed by atoms with Gasteiger partial charge in [-0.15, -0.1) is 0 Å². The van der Waals surface area contributed by atoms with E-state index in [2.05, 4.69) is 41.8 Å². The minimum absolute atomic E-state index is 0.748. The number of halogens is 1. The summed E-state index contributed by atoms with van der Waals surface area (Å²) in [6.45, 7) is 3.07. The number of aromatic nitrogens is 2. The first-order valence-electron chi connectivity index (χ1n) is 6.75. The van der Waals surface area contributed by atoms with Crippen molar-refractivity contribution in [3.63, 3.8) is 0 Å². The van der Waals surface area contributed by atoms with Crippen molar-refractivity contribution in [1.82, 2.24) is 9.55 Å². The third-order valence-electron chi connectivity index (χ3n) is 3.81. The van der Waals surface area contributed by atoms with Crippen LogP contribution in [-0.2, 0) is 6.54 Å². The van der Waals surface area contributed by atoms with E-state index in [1.54, 1.807) is 0 Å². The van der Waals surface area contributed by atoms with Gasteiger partial charge in [-0.25, -0.2) is 4.98 Å². The summed E-state index contributed by atoms with van der Waals surface area (Å²) in [5.41, 5.74) is 3.27. The maximum absolute atomic E-state index is 6.09. The van der Waals surface area contributed by atoms with Crippen LogP contribution < -0.4 is 0 Å². The number of pyridine rings is 1. The first-order valence-corrected chi connectivity index (χ1v) is 7.13. The second-order valence-electron chi connectivity index (χ2n) is 4.96. The summed E-state index contributed by atoms with van der Waals surface area (Å²) < 4.78 is 2.26. The predicted octanol–water partition coefficient (Wildman–Crippen LogP) is 5.02. The van der Waals surface area contributed by atoms with Crippen molar-refractivity contribution in [1.29, 1.82) is 0 Å². The van der Waals surface area contributed by atoms with Gasteiger partial charge in [-0.2, -0.15) is 0 Å². The molecule has 0 radical (unpaired) electrons. The number of hydrogen-bond acceptors (Lipinski definition) is 1. The van der Waals surface area contributed by atoms with Gasteiger partial charge in [-0.05, 0) is 37.3 Å². The van der Waals surface area contributed by atoms with Crippen LogP contribution in [0.1, 0.15) is 6.92 Å².